The van der Waals surface area contributed by atoms with Crippen molar-refractivity contribution >= 4 is 5.96 Å². The number of nitrogens with one attached hydrogen (secondary N) is 2. The molecule has 0 heterocycles. The topological polar surface area (TPSA) is 54.9 Å². The van der Waals surface area contributed by atoms with Gasteiger partial charge in [-0.2, -0.15) is 0 Å². The minimum Gasteiger partial charge on any atom is -0.497 e. The van der Waals surface area contributed by atoms with E-state index in [4.69, 9.17) is 9.47 Å². The Labute approximate surface area is 143 Å². The predicted octanol–water partition coefficient (Wildman–Crippen LogP) is 2.83. The third kappa shape index (κ3) is 6.20. The van der Waals surface area contributed by atoms with Gasteiger partial charge in [-0.1, -0.05) is 30.3 Å². The van der Waals surface area contributed by atoms with Gasteiger partial charge in [-0.3, -0.25) is 4.99 Å². The lowest BCUT2D eigenvalue weighted by Gasteiger charge is -2.12. The molecule has 0 radical (unpaired) electrons. The summed E-state index contributed by atoms with van der Waals surface area (Å²) in [5.41, 5.74) is 1.14. The van der Waals surface area contributed by atoms with Gasteiger partial charge in [-0.05, 0) is 36.2 Å². The van der Waals surface area contributed by atoms with E-state index in [0.29, 0.717) is 13.2 Å². The van der Waals surface area contributed by atoms with Gasteiger partial charge in [0.15, 0.2) is 5.96 Å². The summed E-state index contributed by atoms with van der Waals surface area (Å²) in [5, 5.41) is 6.57. The SMILES string of the molecule is CN=C(NCCCOc1ccccc1)NCc1cccc(OC)c1. The highest BCUT2D eigenvalue weighted by atomic mass is 16.5. The fourth-order valence-electron chi connectivity index (χ4n) is 2.17. The number of hydrogen-bond donors (Lipinski definition) is 2. The van der Waals surface area contributed by atoms with E-state index in [0.717, 1.165) is 36.0 Å². The van der Waals surface area contributed by atoms with Crippen molar-refractivity contribution in [2.75, 3.05) is 27.3 Å². The summed E-state index contributed by atoms with van der Waals surface area (Å²) in [7, 11) is 3.44. The van der Waals surface area contributed by atoms with Crippen LogP contribution >= 0.6 is 0 Å². The summed E-state index contributed by atoms with van der Waals surface area (Å²) in [6, 6.07) is 17.8. The van der Waals surface area contributed by atoms with Crippen LogP contribution in [-0.2, 0) is 6.54 Å². The highest BCUT2D eigenvalue weighted by Crippen LogP contribution is 2.12. The number of benzene rings is 2. The Morgan fingerprint density at radius 1 is 1.00 bits per heavy atom. The smallest absolute Gasteiger partial charge is 0.191 e. The molecule has 0 aliphatic heterocycles. The number of hydrogen-bond acceptors (Lipinski definition) is 3. The molecule has 24 heavy (non-hydrogen) atoms. The van der Waals surface area contributed by atoms with E-state index in [1.807, 2.05) is 48.5 Å². The highest BCUT2D eigenvalue weighted by molar-refractivity contribution is 5.79. The maximum absolute atomic E-state index is 5.66. The zero-order chi connectivity index (χ0) is 17.0. The van der Waals surface area contributed by atoms with E-state index in [1.54, 1.807) is 14.2 Å². The molecule has 2 aromatic carbocycles. The summed E-state index contributed by atoms with van der Waals surface area (Å²) in [5.74, 6) is 2.53. The number of rotatable bonds is 8. The fraction of sp³-hybridized carbons (Fsp3) is 0.316. The lowest BCUT2D eigenvalue weighted by molar-refractivity contribution is 0.311. The van der Waals surface area contributed by atoms with Crippen LogP contribution in [0.25, 0.3) is 0 Å². The van der Waals surface area contributed by atoms with Crippen LogP contribution in [0.3, 0.4) is 0 Å². The lowest BCUT2D eigenvalue weighted by Crippen LogP contribution is -2.37. The molecule has 0 spiro atoms. The molecular weight excluding hydrogens is 302 g/mol. The second-order valence-corrected chi connectivity index (χ2v) is 5.22. The second-order valence-electron chi connectivity index (χ2n) is 5.22. The van der Waals surface area contributed by atoms with Crippen LogP contribution in [0.4, 0.5) is 0 Å². The normalized spacial score (nSPS) is 11.0. The van der Waals surface area contributed by atoms with Gasteiger partial charge in [0.1, 0.15) is 11.5 Å². The Balaban J connectivity index is 1.65. The molecule has 0 aliphatic carbocycles. The Bertz CT molecular complexity index is 630. The summed E-state index contributed by atoms with van der Waals surface area (Å²) in [4.78, 5) is 4.22. The van der Waals surface area contributed by atoms with Crippen LogP contribution in [0, 0.1) is 0 Å². The average molecular weight is 327 g/mol. The van der Waals surface area contributed by atoms with Crippen molar-refractivity contribution in [3.8, 4) is 11.5 Å². The molecule has 5 nitrogen and oxygen atoms in total. The molecule has 128 valence electrons. The number of methoxy groups -OCH3 is 1. The number of nitrogens with zero attached hydrogens (tertiary/aromatic N) is 1. The van der Waals surface area contributed by atoms with Crippen molar-refractivity contribution in [1.82, 2.24) is 10.6 Å². The minimum atomic E-state index is 0.671. The molecule has 2 rings (SSSR count). The highest BCUT2D eigenvalue weighted by Gasteiger charge is 2.00. The number of para-hydroxylation sites is 1. The molecule has 0 aromatic heterocycles. The van der Waals surface area contributed by atoms with Crippen molar-refractivity contribution in [2.45, 2.75) is 13.0 Å². The monoisotopic (exact) mass is 327 g/mol. The molecule has 2 aromatic rings. The largest absolute Gasteiger partial charge is 0.497 e. The van der Waals surface area contributed by atoms with Crippen molar-refractivity contribution in [1.29, 1.82) is 0 Å². The first-order valence-corrected chi connectivity index (χ1v) is 8.07. The zero-order valence-electron chi connectivity index (χ0n) is 14.3. The van der Waals surface area contributed by atoms with Gasteiger partial charge in [0, 0.05) is 20.1 Å². The Morgan fingerprint density at radius 2 is 1.79 bits per heavy atom. The van der Waals surface area contributed by atoms with Crippen molar-refractivity contribution in [2.24, 2.45) is 4.99 Å². The van der Waals surface area contributed by atoms with Crippen LogP contribution < -0.4 is 20.1 Å². The third-order valence-electron chi connectivity index (χ3n) is 3.44. The maximum Gasteiger partial charge on any atom is 0.191 e. The van der Waals surface area contributed by atoms with Crippen LogP contribution in [0.1, 0.15) is 12.0 Å². The molecule has 0 atom stereocenters. The molecule has 5 heteroatoms. The minimum absolute atomic E-state index is 0.671. The van der Waals surface area contributed by atoms with E-state index >= 15 is 0 Å². The molecule has 0 bridgehead atoms. The van der Waals surface area contributed by atoms with Gasteiger partial charge < -0.3 is 20.1 Å². The third-order valence-corrected chi connectivity index (χ3v) is 3.44. The molecule has 0 aliphatic rings. The van der Waals surface area contributed by atoms with Crippen LogP contribution in [0.5, 0.6) is 11.5 Å². The molecule has 0 fully saturated rings. The summed E-state index contributed by atoms with van der Waals surface area (Å²) in [6.07, 6.45) is 0.898. The quantitative estimate of drug-likeness (QED) is 0.445. The number of guanidine groups is 1. The van der Waals surface area contributed by atoms with Crippen LogP contribution in [0.15, 0.2) is 59.6 Å². The van der Waals surface area contributed by atoms with E-state index < -0.39 is 0 Å². The first kappa shape index (κ1) is 17.7. The number of aliphatic imine (C=N–C) groups is 1. The van der Waals surface area contributed by atoms with Crippen molar-refractivity contribution < 1.29 is 9.47 Å². The molecule has 0 saturated carbocycles. The average Bonchev–Trinajstić information content (AvgIpc) is 2.65. The Morgan fingerprint density at radius 3 is 2.54 bits per heavy atom. The number of ether oxygens (including phenoxy) is 2. The van der Waals surface area contributed by atoms with Gasteiger partial charge in [0.25, 0.3) is 0 Å². The van der Waals surface area contributed by atoms with Gasteiger partial charge in [-0.25, -0.2) is 0 Å². The van der Waals surface area contributed by atoms with Crippen molar-refractivity contribution in [3.05, 3.63) is 60.2 Å². The zero-order valence-corrected chi connectivity index (χ0v) is 14.3. The maximum atomic E-state index is 5.66. The molecule has 0 amide bonds. The molecular formula is C19H25N3O2. The van der Waals surface area contributed by atoms with Gasteiger partial charge in [0.05, 0.1) is 13.7 Å². The van der Waals surface area contributed by atoms with Crippen molar-refractivity contribution in [3.63, 3.8) is 0 Å². The predicted molar refractivity (Wildman–Crippen MR) is 97.7 cm³/mol. The first-order chi connectivity index (χ1) is 11.8. The van der Waals surface area contributed by atoms with Gasteiger partial charge in [-0.15, -0.1) is 0 Å². The van der Waals surface area contributed by atoms with E-state index in [1.165, 1.54) is 0 Å². The lowest BCUT2D eigenvalue weighted by atomic mass is 10.2. The van der Waals surface area contributed by atoms with Crippen LogP contribution in [-0.4, -0.2) is 33.3 Å². The fourth-order valence-corrected chi connectivity index (χ4v) is 2.17. The van der Waals surface area contributed by atoms with Gasteiger partial charge in [0.2, 0.25) is 0 Å². The second kappa shape index (κ2) is 10.2. The van der Waals surface area contributed by atoms with E-state index in [9.17, 15) is 0 Å². The van der Waals surface area contributed by atoms with Crippen LogP contribution in [0.2, 0.25) is 0 Å². The first-order valence-electron chi connectivity index (χ1n) is 8.07. The standard InChI is InChI=1S/C19H25N3O2/c1-20-19(22-15-16-8-6-11-18(14-16)23-2)21-12-7-13-24-17-9-4-3-5-10-17/h3-6,8-11,14H,7,12-13,15H2,1-2H3,(H2,20,21,22). The Hall–Kier alpha value is -2.69. The van der Waals surface area contributed by atoms with E-state index in [2.05, 4.69) is 21.7 Å². The van der Waals surface area contributed by atoms with E-state index in [-0.39, 0.29) is 0 Å². The van der Waals surface area contributed by atoms with Gasteiger partial charge >= 0.3 is 0 Å². The summed E-state index contributed by atoms with van der Waals surface area (Å²) in [6.45, 7) is 2.16. The Kier molecular flexibility index (Phi) is 7.47. The molecule has 0 unspecified atom stereocenters. The summed E-state index contributed by atoms with van der Waals surface area (Å²) < 4.78 is 10.9. The molecule has 2 N–H and O–H groups in total. The summed E-state index contributed by atoms with van der Waals surface area (Å²) >= 11 is 0. The molecule has 0 saturated heterocycles.